The molecule has 1 aromatic heterocycles. The normalized spacial score (nSPS) is 20.4. The van der Waals surface area contributed by atoms with Gasteiger partial charge in [-0.3, -0.25) is 0 Å². The molecule has 0 unspecified atom stereocenters. The van der Waals surface area contributed by atoms with Gasteiger partial charge in [0.15, 0.2) is 0 Å². The zero-order valence-electron chi connectivity index (χ0n) is 13.8. The maximum Gasteiger partial charge on any atom is 0.317 e. The second-order valence-corrected chi connectivity index (χ2v) is 7.13. The number of nitrogens with zero attached hydrogens (tertiary/aromatic N) is 4. The summed E-state index contributed by atoms with van der Waals surface area (Å²) >= 11 is 0. The standard InChI is InChI=1S/C15H26N6O/c1-10(2)16-14(22)20-7-12(8-20)21-9-13(18-19-21)15(5-6-15)17-11(3)4/h9-12,17H,5-8H2,1-4H3,(H,16,22). The van der Waals surface area contributed by atoms with E-state index in [0.29, 0.717) is 19.1 Å². The van der Waals surface area contributed by atoms with Gasteiger partial charge in [-0.2, -0.15) is 0 Å². The van der Waals surface area contributed by atoms with Crippen LogP contribution in [0.15, 0.2) is 6.20 Å². The minimum absolute atomic E-state index is 0.00623. The van der Waals surface area contributed by atoms with E-state index in [0.717, 1.165) is 18.5 Å². The van der Waals surface area contributed by atoms with Gasteiger partial charge in [-0.05, 0) is 40.5 Å². The number of aromatic nitrogens is 3. The molecule has 2 aliphatic rings. The quantitative estimate of drug-likeness (QED) is 0.858. The summed E-state index contributed by atoms with van der Waals surface area (Å²) in [6, 6.07) is 0.855. The second kappa shape index (κ2) is 5.53. The lowest BCUT2D eigenvalue weighted by Crippen LogP contribution is -2.55. The molecule has 1 saturated heterocycles. The van der Waals surface area contributed by atoms with Crippen molar-refractivity contribution in [3.05, 3.63) is 11.9 Å². The number of hydrogen-bond donors (Lipinski definition) is 2. The van der Waals surface area contributed by atoms with Crippen molar-refractivity contribution in [3.8, 4) is 0 Å². The molecular weight excluding hydrogens is 280 g/mol. The van der Waals surface area contributed by atoms with Crippen molar-refractivity contribution < 1.29 is 4.79 Å². The minimum atomic E-state index is 0.00623. The van der Waals surface area contributed by atoms with Crippen LogP contribution in [-0.4, -0.2) is 51.1 Å². The average Bonchev–Trinajstić information content (AvgIpc) is 2.95. The third-order valence-electron chi connectivity index (χ3n) is 4.25. The molecule has 2 N–H and O–H groups in total. The molecule has 1 aromatic rings. The van der Waals surface area contributed by atoms with Crippen LogP contribution in [0.3, 0.4) is 0 Å². The molecule has 7 nitrogen and oxygen atoms in total. The van der Waals surface area contributed by atoms with Gasteiger partial charge in [-0.25, -0.2) is 9.48 Å². The van der Waals surface area contributed by atoms with Crippen LogP contribution < -0.4 is 10.6 Å². The highest BCUT2D eigenvalue weighted by atomic mass is 16.2. The predicted molar refractivity (Wildman–Crippen MR) is 83.5 cm³/mol. The molecule has 2 heterocycles. The molecule has 0 spiro atoms. The lowest BCUT2D eigenvalue weighted by molar-refractivity contribution is 0.116. The second-order valence-electron chi connectivity index (χ2n) is 7.13. The highest BCUT2D eigenvalue weighted by molar-refractivity contribution is 5.75. The van der Waals surface area contributed by atoms with Gasteiger partial charge in [-0.15, -0.1) is 5.10 Å². The summed E-state index contributed by atoms with van der Waals surface area (Å²) in [6.45, 7) is 9.65. The number of nitrogens with one attached hydrogen (secondary N) is 2. The number of carbonyl (C=O) groups is 1. The highest BCUT2D eigenvalue weighted by Gasteiger charge is 2.47. The zero-order valence-corrected chi connectivity index (χ0v) is 13.8. The molecule has 22 heavy (non-hydrogen) atoms. The van der Waals surface area contributed by atoms with Gasteiger partial charge in [0.25, 0.3) is 0 Å². The van der Waals surface area contributed by atoms with E-state index in [1.807, 2.05) is 29.6 Å². The Hall–Kier alpha value is -1.63. The molecule has 0 atom stereocenters. The SMILES string of the molecule is CC(C)NC(=O)N1CC(n2cc(C3(NC(C)C)CC3)nn2)C1. The van der Waals surface area contributed by atoms with E-state index in [1.54, 1.807) is 0 Å². The van der Waals surface area contributed by atoms with Crippen LogP contribution in [-0.2, 0) is 5.54 Å². The summed E-state index contributed by atoms with van der Waals surface area (Å²) < 4.78 is 1.91. The first-order valence-corrected chi connectivity index (χ1v) is 8.15. The molecular formula is C15H26N6O. The number of carbonyl (C=O) groups excluding carboxylic acids is 1. The van der Waals surface area contributed by atoms with Crippen molar-refractivity contribution in [2.75, 3.05) is 13.1 Å². The van der Waals surface area contributed by atoms with Crippen molar-refractivity contribution in [1.82, 2.24) is 30.5 Å². The molecule has 1 saturated carbocycles. The molecule has 7 heteroatoms. The Morgan fingerprint density at radius 3 is 2.50 bits per heavy atom. The molecule has 2 amide bonds. The number of hydrogen-bond acceptors (Lipinski definition) is 4. The van der Waals surface area contributed by atoms with E-state index >= 15 is 0 Å². The Bertz CT molecular complexity index is 542. The Kier molecular flexibility index (Phi) is 3.84. The van der Waals surface area contributed by atoms with Gasteiger partial charge >= 0.3 is 6.03 Å². The first-order chi connectivity index (χ1) is 10.4. The van der Waals surface area contributed by atoms with Crippen molar-refractivity contribution in [2.24, 2.45) is 0 Å². The molecule has 122 valence electrons. The summed E-state index contributed by atoms with van der Waals surface area (Å²) in [4.78, 5) is 13.7. The summed E-state index contributed by atoms with van der Waals surface area (Å²) in [5.74, 6) is 0. The molecule has 1 aliphatic carbocycles. The first-order valence-electron chi connectivity index (χ1n) is 8.15. The first kappa shape index (κ1) is 15.3. The van der Waals surface area contributed by atoms with E-state index in [-0.39, 0.29) is 23.7 Å². The fraction of sp³-hybridized carbons (Fsp3) is 0.800. The predicted octanol–water partition coefficient (Wildman–Crippen LogP) is 1.24. The van der Waals surface area contributed by atoms with E-state index in [2.05, 4.69) is 34.8 Å². The average molecular weight is 306 g/mol. The van der Waals surface area contributed by atoms with Crippen molar-refractivity contribution in [3.63, 3.8) is 0 Å². The van der Waals surface area contributed by atoms with Crippen LogP contribution in [0.4, 0.5) is 4.79 Å². The van der Waals surface area contributed by atoms with E-state index in [9.17, 15) is 4.79 Å². The zero-order chi connectivity index (χ0) is 15.9. The largest absolute Gasteiger partial charge is 0.336 e. The molecule has 0 radical (unpaired) electrons. The van der Waals surface area contributed by atoms with Crippen LogP contribution in [0, 0.1) is 0 Å². The highest BCUT2D eigenvalue weighted by Crippen LogP contribution is 2.45. The summed E-state index contributed by atoms with van der Waals surface area (Å²) in [7, 11) is 0. The third kappa shape index (κ3) is 2.95. The lowest BCUT2D eigenvalue weighted by Gasteiger charge is -2.39. The monoisotopic (exact) mass is 306 g/mol. The van der Waals surface area contributed by atoms with Crippen molar-refractivity contribution >= 4 is 6.03 Å². The molecule has 0 aromatic carbocycles. The molecule has 2 fully saturated rings. The van der Waals surface area contributed by atoms with E-state index < -0.39 is 0 Å². The smallest absolute Gasteiger partial charge is 0.317 e. The molecule has 0 bridgehead atoms. The van der Waals surface area contributed by atoms with E-state index in [1.165, 1.54) is 0 Å². The van der Waals surface area contributed by atoms with Gasteiger partial charge in [0.2, 0.25) is 0 Å². The van der Waals surface area contributed by atoms with Gasteiger partial charge in [-0.1, -0.05) is 5.21 Å². The molecule has 1 aliphatic heterocycles. The maximum absolute atomic E-state index is 11.9. The van der Waals surface area contributed by atoms with Crippen LogP contribution in [0.25, 0.3) is 0 Å². The minimum Gasteiger partial charge on any atom is -0.336 e. The molecule has 3 rings (SSSR count). The van der Waals surface area contributed by atoms with Crippen molar-refractivity contribution in [2.45, 2.75) is 64.2 Å². The van der Waals surface area contributed by atoms with Gasteiger partial charge in [0, 0.05) is 25.2 Å². The number of likely N-dealkylation sites (tertiary alicyclic amines) is 1. The van der Waals surface area contributed by atoms with Crippen molar-refractivity contribution in [1.29, 1.82) is 0 Å². The Morgan fingerprint density at radius 1 is 1.27 bits per heavy atom. The van der Waals surface area contributed by atoms with Crippen LogP contribution in [0.2, 0.25) is 0 Å². The summed E-state index contributed by atoms with van der Waals surface area (Å²) in [5, 5.41) is 15.1. The fourth-order valence-corrected chi connectivity index (χ4v) is 2.95. The van der Waals surface area contributed by atoms with Gasteiger partial charge < -0.3 is 15.5 Å². The van der Waals surface area contributed by atoms with Crippen LogP contribution in [0.5, 0.6) is 0 Å². The Balaban J connectivity index is 1.57. The summed E-state index contributed by atoms with van der Waals surface area (Å²) in [6.07, 6.45) is 4.29. The number of urea groups is 1. The van der Waals surface area contributed by atoms with Crippen LogP contribution in [0.1, 0.15) is 52.3 Å². The Morgan fingerprint density at radius 2 is 1.95 bits per heavy atom. The van der Waals surface area contributed by atoms with E-state index in [4.69, 9.17) is 0 Å². The Labute approximate surface area is 131 Å². The van der Waals surface area contributed by atoms with Crippen LogP contribution >= 0.6 is 0 Å². The number of rotatable bonds is 5. The third-order valence-corrected chi connectivity index (χ3v) is 4.25. The number of amides is 2. The summed E-state index contributed by atoms with van der Waals surface area (Å²) in [5.41, 5.74) is 1.07. The maximum atomic E-state index is 11.9. The lowest BCUT2D eigenvalue weighted by atomic mass is 10.1. The van der Waals surface area contributed by atoms with Gasteiger partial charge in [0.1, 0.15) is 5.69 Å². The topological polar surface area (TPSA) is 75.1 Å². The fourth-order valence-electron chi connectivity index (χ4n) is 2.95. The van der Waals surface area contributed by atoms with Gasteiger partial charge in [0.05, 0.1) is 17.8 Å².